The van der Waals surface area contributed by atoms with Crippen LogP contribution in [-0.2, 0) is 33.3 Å². The maximum absolute atomic E-state index is 14.3. The fourth-order valence-corrected chi connectivity index (χ4v) is 5.82. The second kappa shape index (κ2) is 13.3. The summed E-state index contributed by atoms with van der Waals surface area (Å²) in [5.74, 6) is -2.71. The Morgan fingerprint density at radius 2 is 1.73 bits per heavy atom. The third kappa shape index (κ3) is 7.66. The monoisotopic (exact) mass is 646 g/mol. The molecule has 1 aliphatic heterocycles. The van der Waals surface area contributed by atoms with Crippen LogP contribution in [0.2, 0.25) is 15.1 Å². The molecule has 41 heavy (non-hydrogen) atoms. The number of hydrogen-bond acceptors (Lipinski definition) is 11. The van der Waals surface area contributed by atoms with Crippen LogP contribution in [0.15, 0.2) is 41.7 Å². The van der Waals surface area contributed by atoms with Crippen molar-refractivity contribution in [2.75, 3.05) is 6.61 Å². The smallest absolute Gasteiger partial charge is 0.303 e. The number of halogens is 4. The Kier molecular flexibility index (Phi) is 10.1. The molecule has 0 spiro atoms. The molecule has 0 bridgehead atoms. The molecule has 3 heterocycles. The molecular weight excluding hydrogens is 626 g/mol. The Morgan fingerprint density at radius 1 is 1.02 bits per heavy atom. The minimum absolute atomic E-state index is 0.0362. The highest BCUT2D eigenvalue weighted by Crippen LogP contribution is 2.42. The number of esters is 3. The van der Waals surface area contributed by atoms with Crippen molar-refractivity contribution in [2.45, 2.75) is 55.5 Å². The quantitative estimate of drug-likeness (QED) is 0.187. The van der Waals surface area contributed by atoms with Crippen LogP contribution in [0.1, 0.15) is 26.8 Å². The van der Waals surface area contributed by atoms with E-state index in [-0.39, 0.29) is 27.9 Å². The van der Waals surface area contributed by atoms with Gasteiger partial charge >= 0.3 is 17.9 Å². The van der Waals surface area contributed by atoms with Gasteiger partial charge in [0.15, 0.2) is 12.2 Å². The van der Waals surface area contributed by atoms with Gasteiger partial charge in [0.25, 0.3) is 0 Å². The van der Waals surface area contributed by atoms with Crippen molar-refractivity contribution in [3.8, 4) is 11.3 Å². The van der Waals surface area contributed by atoms with Gasteiger partial charge in [-0.2, -0.15) is 0 Å². The van der Waals surface area contributed by atoms with Crippen molar-refractivity contribution in [1.82, 2.24) is 20.0 Å². The average molecular weight is 648 g/mol. The van der Waals surface area contributed by atoms with E-state index in [0.29, 0.717) is 9.92 Å². The van der Waals surface area contributed by atoms with Gasteiger partial charge < -0.3 is 18.9 Å². The number of hydrogen-bond donors (Lipinski definition) is 0. The molecule has 0 amide bonds. The van der Waals surface area contributed by atoms with E-state index >= 15 is 0 Å². The van der Waals surface area contributed by atoms with Gasteiger partial charge in [-0.25, -0.2) is 9.07 Å². The van der Waals surface area contributed by atoms with Crippen molar-refractivity contribution >= 4 is 64.5 Å². The molecule has 0 N–H and O–H groups in total. The van der Waals surface area contributed by atoms with E-state index in [4.69, 9.17) is 53.8 Å². The van der Waals surface area contributed by atoms with Crippen molar-refractivity contribution in [3.63, 3.8) is 0 Å². The molecule has 11 nitrogen and oxygen atoms in total. The Balaban J connectivity index is 1.82. The molecule has 0 radical (unpaired) electrons. The zero-order valence-electron chi connectivity index (χ0n) is 21.6. The van der Waals surface area contributed by atoms with Gasteiger partial charge in [0.05, 0.1) is 21.3 Å². The first kappa shape index (κ1) is 31.0. The number of thioether (sulfide) groups is 1. The molecule has 3 aromatic rings. The minimum atomic E-state index is -1.18. The second-order valence-corrected chi connectivity index (χ2v) is 11.2. The lowest BCUT2D eigenvalue weighted by atomic mass is 9.96. The van der Waals surface area contributed by atoms with E-state index in [9.17, 15) is 18.8 Å². The maximum atomic E-state index is 14.3. The Hall–Kier alpha value is -2.97. The molecule has 1 fully saturated rings. The van der Waals surface area contributed by atoms with E-state index in [0.717, 1.165) is 17.8 Å². The molecular formula is C25H22Cl3FN4O7S. The molecule has 1 aliphatic rings. The Morgan fingerprint density at radius 3 is 2.37 bits per heavy atom. The number of pyridine rings is 1. The standard InChI is InChI=1S/C25H22Cl3FN4O7S/c1-11(34)37-10-20-23(38-12(2)35)22(33-9-19(31-32-33)14-4-17(27)21(28)18(29)5-14)24(39-13(3)36)25(40-20)41-16-6-15(26)7-30-8-16/h4-9,20,22-25H,10H2,1-3H3/t20?,22?,23-,24?,25+/m0/s1. The SMILES string of the molecule is CC(=O)OCC1O[C@H](Sc2cncc(Cl)c2)C(OC(C)=O)C(n2cc(-c3cc(F)c(Cl)c(Cl)c3)nn2)[C@H]1OC(C)=O. The van der Waals surface area contributed by atoms with Crippen molar-refractivity contribution < 1.29 is 37.7 Å². The van der Waals surface area contributed by atoms with Gasteiger partial charge in [0.2, 0.25) is 0 Å². The van der Waals surface area contributed by atoms with Crippen LogP contribution in [-0.4, -0.2) is 68.2 Å². The summed E-state index contributed by atoms with van der Waals surface area (Å²) in [5, 5.41) is 8.37. The summed E-state index contributed by atoms with van der Waals surface area (Å²) in [6.07, 6.45) is 1.08. The number of ether oxygens (including phenoxy) is 4. The maximum Gasteiger partial charge on any atom is 0.303 e. The van der Waals surface area contributed by atoms with Gasteiger partial charge in [0, 0.05) is 43.6 Å². The third-order valence-electron chi connectivity index (χ3n) is 5.70. The van der Waals surface area contributed by atoms with E-state index in [1.807, 2.05) is 0 Å². The van der Waals surface area contributed by atoms with Crippen LogP contribution in [0.5, 0.6) is 0 Å². The van der Waals surface area contributed by atoms with Crippen LogP contribution >= 0.6 is 46.6 Å². The third-order valence-corrected chi connectivity index (χ3v) is 7.79. The molecule has 2 aromatic heterocycles. The fraction of sp³-hybridized carbons (Fsp3) is 0.360. The first-order valence-corrected chi connectivity index (χ1v) is 13.9. The summed E-state index contributed by atoms with van der Waals surface area (Å²) in [6.45, 7) is 3.30. The van der Waals surface area contributed by atoms with Crippen LogP contribution < -0.4 is 0 Å². The lowest BCUT2D eigenvalue weighted by Crippen LogP contribution is -2.57. The summed E-state index contributed by atoms with van der Waals surface area (Å²) in [7, 11) is 0. The Bertz CT molecular complexity index is 1440. The minimum Gasteiger partial charge on any atom is -0.463 e. The lowest BCUT2D eigenvalue weighted by molar-refractivity contribution is -0.212. The molecule has 218 valence electrons. The molecule has 4 rings (SSSR count). The fourth-order valence-electron chi connectivity index (χ4n) is 4.13. The molecule has 1 aromatic carbocycles. The van der Waals surface area contributed by atoms with Crippen molar-refractivity contribution in [1.29, 1.82) is 0 Å². The number of rotatable bonds is 8. The summed E-state index contributed by atoms with van der Waals surface area (Å²) < 4.78 is 38.4. The molecule has 0 aliphatic carbocycles. The van der Waals surface area contributed by atoms with Gasteiger partial charge in [0.1, 0.15) is 35.7 Å². The molecule has 3 unspecified atom stereocenters. The van der Waals surface area contributed by atoms with Gasteiger partial charge in [-0.3, -0.25) is 19.4 Å². The number of carbonyl (C=O) groups is 3. The summed E-state index contributed by atoms with van der Waals surface area (Å²) >= 11 is 19.1. The molecule has 5 atom stereocenters. The van der Waals surface area contributed by atoms with Crippen LogP contribution in [0.3, 0.4) is 0 Å². The number of benzene rings is 1. The van der Waals surface area contributed by atoms with Gasteiger partial charge in [-0.15, -0.1) is 5.10 Å². The van der Waals surface area contributed by atoms with Crippen LogP contribution in [0.25, 0.3) is 11.3 Å². The van der Waals surface area contributed by atoms with Crippen molar-refractivity contribution in [3.05, 3.63) is 57.7 Å². The lowest BCUT2D eigenvalue weighted by Gasteiger charge is -2.44. The van der Waals surface area contributed by atoms with Gasteiger partial charge in [-0.05, 0) is 18.2 Å². The number of nitrogens with zero attached hydrogens (tertiary/aromatic N) is 4. The zero-order valence-corrected chi connectivity index (χ0v) is 24.7. The highest BCUT2D eigenvalue weighted by atomic mass is 35.5. The molecule has 1 saturated heterocycles. The number of carbonyl (C=O) groups excluding carboxylic acids is 3. The van der Waals surface area contributed by atoms with Crippen LogP contribution in [0.4, 0.5) is 4.39 Å². The van der Waals surface area contributed by atoms with E-state index < -0.39 is 53.5 Å². The highest BCUT2D eigenvalue weighted by Gasteiger charge is 2.52. The predicted molar refractivity (Wildman–Crippen MR) is 146 cm³/mol. The first-order chi connectivity index (χ1) is 19.4. The first-order valence-electron chi connectivity index (χ1n) is 11.9. The normalized spacial score (nSPS) is 22.2. The average Bonchev–Trinajstić information content (AvgIpc) is 3.37. The van der Waals surface area contributed by atoms with Crippen LogP contribution in [0, 0.1) is 5.82 Å². The van der Waals surface area contributed by atoms with E-state index in [1.165, 1.54) is 50.1 Å². The molecule has 0 saturated carbocycles. The summed E-state index contributed by atoms with van der Waals surface area (Å²) in [4.78, 5) is 40.8. The second-order valence-electron chi connectivity index (χ2n) is 8.78. The summed E-state index contributed by atoms with van der Waals surface area (Å²) in [5.41, 5.74) is -0.501. The number of aromatic nitrogens is 4. The topological polar surface area (TPSA) is 132 Å². The Labute approximate surface area is 252 Å². The summed E-state index contributed by atoms with van der Waals surface area (Å²) in [6, 6.07) is 3.13. The van der Waals surface area contributed by atoms with Crippen molar-refractivity contribution in [2.24, 2.45) is 0 Å². The van der Waals surface area contributed by atoms with E-state index in [2.05, 4.69) is 15.3 Å². The largest absolute Gasteiger partial charge is 0.463 e. The van der Waals surface area contributed by atoms with Gasteiger partial charge in [-0.1, -0.05) is 51.8 Å². The highest BCUT2D eigenvalue weighted by molar-refractivity contribution is 7.99. The predicted octanol–water partition coefficient (Wildman–Crippen LogP) is 4.92. The molecule has 16 heteroatoms. The zero-order chi connectivity index (χ0) is 29.8. The van der Waals surface area contributed by atoms with E-state index in [1.54, 1.807) is 6.07 Å².